The Balaban J connectivity index is 0.00000392. The molecule has 0 amide bonds. The van der Waals surface area contributed by atoms with Crippen molar-refractivity contribution in [1.82, 2.24) is 20.8 Å². The van der Waals surface area contributed by atoms with Crippen molar-refractivity contribution in [1.29, 1.82) is 0 Å². The molecule has 2 unspecified atom stereocenters. The molecule has 7 nitrogen and oxygen atoms in total. The molecule has 1 heterocycles. The standard InChI is InChI=1S/C18H25F2N5O2.HI/c1-5-21-18(23-11(3)13-7-8-14(19)15(20)9-13)22-10-16-24-17(25-27-16)12(4)26-6-2;/h7-9,11-12H,5-6,10H2,1-4H3,(H2,21,22,23);1H. The van der Waals surface area contributed by atoms with Gasteiger partial charge in [-0.25, -0.2) is 13.8 Å². The highest BCUT2D eigenvalue weighted by Gasteiger charge is 2.14. The average molecular weight is 509 g/mol. The van der Waals surface area contributed by atoms with Gasteiger partial charge in [0.1, 0.15) is 12.6 Å². The summed E-state index contributed by atoms with van der Waals surface area (Å²) >= 11 is 0. The molecular weight excluding hydrogens is 483 g/mol. The van der Waals surface area contributed by atoms with Crippen LogP contribution in [0.2, 0.25) is 0 Å². The van der Waals surface area contributed by atoms with Crippen LogP contribution in [-0.2, 0) is 11.3 Å². The number of guanidine groups is 1. The van der Waals surface area contributed by atoms with Crippen molar-refractivity contribution >= 4 is 29.9 Å². The molecule has 2 atom stereocenters. The number of halogens is 3. The van der Waals surface area contributed by atoms with Gasteiger partial charge in [0.2, 0.25) is 5.89 Å². The van der Waals surface area contributed by atoms with Crippen LogP contribution in [0.25, 0.3) is 0 Å². The molecule has 0 fully saturated rings. The maximum absolute atomic E-state index is 13.4. The number of aliphatic imine (C=N–C) groups is 1. The summed E-state index contributed by atoms with van der Waals surface area (Å²) in [6.07, 6.45) is -0.253. The lowest BCUT2D eigenvalue weighted by Gasteiger charge is -2.18. The van der Waals surface area contributed by atoms with Crippen LogP contribution in [0.15, 0.2) is 27.7 Å². The summed E-state index contributed by atoms with van der Waals surface area (Å²) in [6, 6.07) is 3.51. The summed E-state index contributed by atoms with van der Waals surface area (Å²) in [5.74, 6) is -0.443. The Bertz CT molecular complexity index is 772. The molecule has 0 spiro atoms. The van der Waals surface area contributed by atoms with E-state index in [2.05, 4.69) is 25.8 Å². The van der Waals surface area contributed by atoms with E-state index in [4.69, 9.17) is 9.26 Å². The van der Waals surface area contributed by atoms with Gasteiger partial charge in [-0.05, 0) is 45.4 Å². The fourth-order valence-electron chi connectivity index (χ4n) is 2.36. The summed E-state index contributed by atoms with van der Waals surface area (Å²) in [6.45, 7) is 8.85. The lowest BCUT2D eigenvalue weighted by atomic mass is 10.1. The Morgan fingerprint density at radius 1 is 1.25 bits per heavy atom. The molecule has 0 radical (unpaired) electrons. The minimum Gasteiger partial charge on any atom is -0.371 e. The molecule has 10 heteroatoms. The molecule has 2 N–H and O–H groups in total. The number of hydrogen-bond donors (Lipinski definition) is 2. The Morgan fingerprint density at radius 3 is 2.64 bits per heavy atom. The topological polar surface area (TPSA) is 84.6 Å². The molecule has 0 aliphatic carbocycles. The Morgan fingerprint density at radius 2 is 2.00 bits per heavy atom. The lowest BCUT2D eigenvalue weighted by molar-refractivity contribution is 0.0683. The van der Waals surface area contributed by atoms with Crippen LogP contribution in [0.1, 0.15) is 57.1 Å². The van der Waals surface area contributed by atoms with Gasteiger partial charge in [0, 0.05) is 13.2 Å². The normalized spacial score (nSPS) is 13.6. The number of benzene rings is 1. The second-order valence-corrected chi connectivity index (χ2v) is 5.88. The number of nitrogens with one attached hydrogen (secondary N) is 2. The van der Waals surface area contributed by atoms with Crippen LogP contribution in [-0.4, -0.2) is 29.3 Å². The van der Waals surface area contributed by atoms with Crippen molar-refractivity contribution in [2.45, 2.75) is 46.4 Å². The highest BCUT2D eigenvalue weighted by Crippen LogP contribution is 2.16. The molecule has 2 rings (SSSR count). The van der Waals surface area contributed by atoms with E-state index < -0.39 is 11.6 Å². The first kappa shape index (κ1) is 24.2. The van der Waals surface area contributed by atoms with Gasteiger partial charge in [-0.15, -0.1) is 24.0 Å². The van der Waals surface area contributed by atoms with Gasteiger partial charge < -0.3 is 19.9 Å². The molecular formula is C18H26F2IN5O2. The molecule has 0 aliphatic heterocycles. The molecule has 1 aromatic carbocycles. The lowest BCUT2D eigenvalue weighted by Crippen LogP contribution is -2.38. The van der Waals surface area contributed by atoms with Crippen molar-refractivity contribution in [3.63, 3.8) is 0 Å². The average Bonchev–Trinajstić information content (AvgIpc) is 3.11. The van der Waals surface area contributed by atoms with Crippen molar-refractivity contribution < 1.29 is 18.0 Å². The largest absolute Gasteiger partial charge is 0.371 e. The molecule has 0 saturated heterocycles. The highest BCUT2D eigenvalue weighted by molar-refractivity contribution is 14.0. The smallest absolute Gasteiger partial charge is 0.248 e. The predicted molar refractivity (Wildman–Crippen MR) is 112 cm³/mol. The number of nitrogens with zero attached hydrogens (tertiary/aromatic N) is 3. The maximum atomic E-state index is 13.4. The molecule has 1 aromatic heterocycles. The van der Waals surface area contributed by atoms with E-state index in [0.717, 1.165) is 12.1 Å². The number of aromatic nitrogens is 2. The zero-order valence-corrected chi connectivity index (χ0v) is 18.7. The zero-order valence-electron chi connectivity index (χ0n) is 16.3. The van der Waals surface area contributed by atoms with Crippen LogP contribution in [0.3, 0.4) is 0 Å². The van der Waals surface area contributed by atoms with Crippen molar-refractivity contribution in [3.8, 4) is 0 Å². The van der Waals surface area contributed by atoms with Gasteiger partial charge >= 0.3 is 0 Å². The summed E-state index contributed by atoms with van der Waals surface area (Å²) < 4.78 is 37.1. The van der Waals surface area contributed by atoms with Gasteiger partial charge in [-0.1, -0.05) is 11.2 Å². The highest BCUT2D eigenvalue weighted by atomic mass is 127. The molecule has 28 heavy (non-hydrogen) atoms. The van der Waals surface area contributed by atoms with Gasteiger partial charge in [-0.2, -0.15) is 4.98 Å². The number of rotatable bonds is 8. The van der Waals surface area contributed by atoms with E-state index in [1.165, 1.54) is 6.07 Å². The van der Waals surface area contributed by atoms with E-state index >= 15 is 0 Å². The van der Waals surface area contributed by atoms with Crippen LogP contribution in [0, 0.1) is 11.6 Å². The van der Waals surface area contributed by atoms with E-state index in [-0.39, 0.29) is 42.7 Å². The van der Waals surface area contributed by atoms with Gasteiger partial charge in [0.25, 0.3) is 0 Å². The third-order valence-corrected chi connectivity index (χ3v) is 3.78. The molecule has 0 aliphatic rings. The first-order valence-electron chi connectivity index (χ1n) is 8.88. The molecule has 2 aromatic rings. The number of hydrogen-bond acceptors (Lipinski definition) is 5. The first-order chi connectivity index (χ1) is 12.9. The van der Waals surface area contributed by atoms with Crippen LogP contribution < -0.4 is 10.6 Å². The third kappa shape index (κ3) is 6.97. The number of ether oxygens (including phenoxy) is 1. The fourth-order valence-corrected chi connectivity index (χ4v) is 2.36. The summed E-state index contributed by atoms with van der Waals surface area (Å²) in [4.78, 5) is 8.66. The van der Waals surface area contributed by atoms with E-state index in [9.17, 15) is 8.78 Å². The van der Waals surface area contributed by atoms with Crippen LogP contribution in [0.5, 0.6) is 0 Å². The van der Waals surface area contributed by atoms with Crippen molar-refractivity contribution in [2.75, 3.05) is 13.2 Å². The Hall–Kier alpha value is -1.82. The maximum Gasteiger partial charge on any atom is 0.248 e. The molecule has 156 valence electrons. The predicted octanol–water partition coefficient (Wildman–Crippen LogP) is 3.88. The SMILES string of the molecule is CCNC(=NCc1nc(C(C)OCC)no1)NC(C)c1ccc(F)c(F)c1.I. The van der Waals surface area contributed by atoms with Gasteiger partial charge in [0.05, 0.1) is 6.04 Å². The minimum absolute atomic E-state index is 0. The second-order valence-electron chi connectivity index (χ2n) is 5.88. The van der Waals surface area contributed by atoms with Gasteiger partial charge in [0.15, 0.2) is 23.4 Å². The second kappa shape index (κ2) is 11.9. The fraction of sp³-hybridized carbons (Fsp3) is 0.500. The summed E-state index contributed by atoms with van der Waals surface area (Å²) in [5.41, 5.74) is 0.602. The third-order valence-electron chi connectivity index (χ3n) is 3.78. The summed E-state index contributed by atoms with van der Waals surface area (Å²) in [5, 5.41) is 10.1. The first-order valence-corrected chi connectivity index (χ1v) is 8.88. The molecule has 0 saturated carbocycles. The van der Waals surface area contributed by atoms with Gasteiger partial charge in [-0.3, -0.25) is 0 Å². The summed E-state index contributed by atoms with van der Waals surface area (Å²) in [7, 11) is 0. The van der Waals surface area contributed by atoms with Crippen LogP contribution in [0.4, 0.5) is 8.78 Å². The van der Waals surface area contributed by atoms with E-state index in [1.54, 1.807) is 0 Å². The van der Waals surface area contributed by atoms with E-state index in [0.29, 0.717) is 36.4 Å². The van der Waals surface area contributed by atoms with Crippen molar-refractivity contribution in [2.24, 2.45) is 4.99 Å². The van der Waals surface area contributed by atoms with Crippen LogP contribution >= 0.6 is 24.0 Å². The minimum atomic E-state index is -0.884. The quantitative estimate of drug-likeness (QED) is 0.319. The molecule has 0 bridgehead atoms. The monoisotopic (exact) mass is 509 g/mol. The van der Waals surface area contributed by atoms with Crippen molar-refractivity contribution in [3.05, 3.63) is 47.1 Å². The Labute approximate surface area is 180 Å². The zero-order chi connectivity index (χ0) is 19.8. The Kier molecular flexibility index (Phi) is 10.3. The van der Waals surface area contributed by atoms with E-state index in [1.807, 2.05) is 27.7 Å².